The molecule has 0 spiro atoms. The van der Waals surface area contributed by atoms with Crippen LogP contribution in [0.15, 0.2) is 24.3 Å². The molecule has 1 aromatic carbocycles. The van der Waals surface area contributed by atoms with Gasteiger partial charge < -0.3 is 19.9 Å². The number of methoxy groups -OCH3 is 1. The van der Waals surface area contributed by atoms with E-state index in [0.717, 1.165) is 12.2 Å². The van der Waals surface area contributed by atoms with Crippen LogP contribution in [0.3, 0.4) is 0 Å². The van der Waals surface area contributed by atoms with Gasteiger partial charge in [0.05, 0.1) is 12.6 Å². The average molecular weight is 291 g/mol. The Morgan fingerprint density at radius 3 is 2.52 bits per heavy atom. The molecule has 4 nitrogen and oxygen atoms in total. The van der Waals surface area contributed by atoms with Gasteiger partial charge in [0.2, 0.25) is 0 Å². The molecule has 0 bridgehead atoms. The molecular formula is C17H25NO3. The van der Waals surface area contributed by atoms with Crippen LogP contribution in [0.25, 0.3) is 0 Å². The number of rotatable bonds is 9. The third-order valence-electron chi connectivity index (χ3n) is 3.10. The van der Waals surface area contributed by atoms with E-state index in [4.69, 9.17) is 19.9 Å². The molecule has 2 N–H and O–H groups in total. The lowest BCUT2D eigenvalue weighted by Gasteiger charge is -2.15. The Bertz CT molecular complexity index is 447. The van der Waals surface area contributed by atoms with E-state index in [-0.39, 0.29) is 6.04 Å². The Labute approximate surface area is 127 Å². The number of nitrogens with two attached hydrogens (primary N) is 1. The monoisotopic (exact) mass is 291 g/mol. The molecule has 0 aromatic heterocycles. The van der Waals surface area contributed by atoms with Crippen LogP contribution < -0.4 is 10.5 Å². The lowest BCUT2D eigenvalue weighted by molar-refractivity contribution is -0.0387. The molecule has 0 aliphatic rings. The minimum atomic E-state index is -0.0798. The normalized spacial score (nSPS) is 13.1. The van der Waals surface area contributed by atoms with Crippen molar-refractivity contribution in [1.29, 1.82) is 0 Å². The number of hydrogen-bond acceptors (Lipinski definition) is 4. The van der Waals surface area contributed by atoms with Crippen LogP contribution in [0.5, 0.6) is 5.75 Å². The summed E-state index contributed by atoms with van der Waals surface area (Å²) >= 11 is 0. The fourth-order valence-electron chi connectivity index (χ4n) is 1.89. The van der Waals surface area contributed by atoms with E-state index in [1.165, 1.54) is 5.56 Å². The molecule has 2 atom stereocenters. The van der Waals surface area contributed by atoms with Gasteiger partial charge in [0.1, 0.15) is 19.1 Å². The van der Waals surface area contributed by atoms with Crippen molar-refractivity contribution in [1.82, 2.24) is 0 Å². The van der Waals surface area contributed by atoms with Gasteiger partial charge in [-0.3, -0.25) is 0 Å². The summed E-state index contributed by atoms with van der Waals surface area (Å²) in [4.78, 5) is 0. The Balaban J connectivity index is 2.37. The predicted molar refractivity (Wildman–Crippen MR) is 84.1 cm³/mol. The van der Waals surface area contributed by atoms with Gasteiger partial charge in [0, 0.05) is 7.11 Å². The molecule has 0 saturated heterocycles. The van der Waals surface area contributed by atoms with Crippen molar-refractivity contribution in [2.45, 2.75) is 26.3 Å². The van der Waals surface area contributed by atoms with Gasteiger partial charge in [-0.05, 0) is 37.0 Å². The van der Waals surface area contributed by atoms with Crippen molar-refractivity contribution in [3.05, 3.63) is 29.8 Å². The lowest BCUT2D eigenvalue weighted by atomic mass is 9.95. The minimum Gasteiger partial charge on any atom is -0.491 e. The largest absolute Gasteiger partial charge is 0.491 e. The standard InChI is InChI=1S/C17H25NO3/c1-4-5-17(18)14(2)12-15-6-8-16(9-7-15)21-11-10-20-13-19-3/h6-9,14,17H,10-13,18H2,1-3H3/t14-,17?/m1/s1. The van der Waals surface area contributed by atoms with Gasteiger partial charge >= 0.3 is 0 Å². The molecule has 4 heteroatoms. The van der Waals surface area contributed by atoms with Gasteiger partial charge in [-0.2, -0.15) is 0 Å². The van der Waals surface area contributed by atoms with E-state index >= 15 is 0 Å². The molecule has 0 fully saturated rings. The molecule has 0 aliphatic carbocycles. The van der Waals surface area contributed by atoms with Crippen molar-refractivity contribution in [2.24, 2.45) is 11.7 Å². The quantitative estimate of drug-likeness (QED) is 0.430. The van der Waals surface area contributed by atoms with Crippen LogP contribution in [0, 0.1) is 17.8 Å². The highest BCUT2D eigenvalue weighted by atomic mass is 16.7. The first-order chi connectivity index (χ1) is 10.2. The summed E-state index contributed by atoms with van der Waals surface area (Å²) in [6.07, 6.45) is 0.910. The smallest absolute Gasteiger partial charge is 0.146 e. The first kappa shape index (κ1) is 17.5. The summed E-state index contributed by atoms with van der Waals surface area (Å²) in [5.41, 5.74) is 7.22. The van der Waals surface area contributed by atoms with Gasteiger partial charge in [-0.15, -0.1) is 5.92 Å². The SMILES string of the molecule is CC#CC(N)[C@H](C)Cc1ccc(OCCOCOC)cc1. The number of ether oxygens (including phenoxy) is 3. The second kappa shape index (κ2) is 10.2. The summed E-state index contributed by atoms with van der Waals surface area (Å²) in [5, 5.41) is 0. The van der Waals surface area contributed by atoms with E-state index < -0.39 is 0 Å². The molecule has 1 rings (SSSR count). The van der Waals surface area contributed by atoms with E-state index in [0.29, 0.717) is 25.9 Å². The van der Waals surface area contributed by atoms with Crippen LogP contribution in [-0.4, -0.2) is 33.2 Å². The van der Waals surface area contributed by atoms with Crippen molar-refractivity contribution in [3.8, 4) is 17.6 Å². The van der Waals surface area contributed by atoms with Crippen molar-refractivity contribution < 1.29 is 14.2 Å². The summed E-state index contributed by atoms with van der Waals surface area (Å²) in [5.74, 6) is 7.03. The topological polar surface area (TPSA) is 53.7 Å². The highest BCUT2D eigenvalue weighted by molar-refractivity contribution is 5.28. The fourth-order valence-corrected chi connectivity index (χ4v) is 1.89. The van der Waals surface area contributed by atoms with Crippen LogP contribution in [-0.2, 0) is 15.9 Å². The van der Waals surface area contributed by atoms with Crippen LogP contribution in [0.2, 0.25) is 0 Å². The summed E-state index contributed by atoms with van der Waals surface area (Å²) in [6.45, 7) is 5.25. The lowest BCUT2D eigenvalue weighted by Crippen LogP contribution is -2.27. The maximum Gasteiger partial charge on any atom is 0.146 e. The number of benzene rings is 1. The molecule has 0 aliphatic heterocycles. The van der Waals surface area contributed by atoms with E-state index in [1.54, 1.807) is 7.11 Å². The second-order valence-corrected chi connectivity index (χ2v) is 4.91. The second-order valence-electron chi connectivity index (χ2n) is 4.91. The zero-order valence-corrected chi connectivity index (χ0v) is 13.1. The van der Waals surface area contributed by atoms with Crippen LogP contribution >= 0.6 is 0 Å². The first-order valence-electron chi connectivity index (χ1n) is 7.13. The summed E-state index contributed by atoms with van der Waals surface area (Å²) in [7, 11) is 1.60. The van der Waals surface area contributed by atoms with E-state index in [2.05, 4.69) is 30.9 Å². The van der Waals surface area contributed by atoms with Crippen LogP contribution in [0.4, 0.5) is 0 Å². The molecule has 116 valence electrons. The highest BCUT2D eigenvalue weighted by Gasteiger charge is 2.10. The number of hydrogen-bond donors (Lipinski definition) is 1. The van der Waals surface area contributed by atoms with Gasteiger partial charge in [-0.1, -0.05) is 25.0 Å². The Hall–Kier alpha value is -1.54. The Morgan fingerprint density at radius 1 is 1.19 bits per heavy atom. The molecule has 0 heterocycles. The maximum atomic E-state index is 5.99. The predicted octanol–water partition coefficient (Wildman–Crippen LogP) is 2.22. The summed E-state index contributed by atoms with van der Waals surface area (Å²) in [6, 6.07) is 7.98. The minimum absolute atomic E-state index is 0.0798. The zero-order valence-electron chi connectivity index (χ0n) is 13.1. The van der Waals surface area contributed by atoms with Gasteiger partial charge in [-0.25, -0.2) is 0 Å². The molecule has 0 amide bonds. The third-order valence-corrected chi connectivity index (χ3v) is 3.10. The molecular weight excluding hydrogens is 266 g/mol. The van der Waals surface area contributed by atoms with Gasteiger partial charge in [0.15, 0.2) is 0 Å². The molecule has 1 unspecified atom stereocenters. The van der Waals surface area contributed by atoms with Crippen molar-refractivity contribution in [2.75, 3.05) is 27.1 Å². The van der Waals surface area contributed by atoms with E-state index in [9.17, 15) is 0 Å². The third kappa shape index (κ3) is 7.14. The van der Waals surface area contributed by atoms with Crippen LogP contribution in [0.1, 0.15) is 19.4 Å². The highest BCUT2D eigenvalue weighted by Crippen LogP contribution is 2.16. The molecule has 1 aromatic rings. The van der Waals surface area contributed by atoms with Gasteiger partial charge in [0.25, 0.3) is 0 Å². The molecule has 0 saturated carbocycles. The average Bonchev–Trinajstić information content (AvgIpc) is 2.49. The summed E-state index contributed by atoms with van der Waals surface area (Å²) < 4.78 is 15.5. The fraction of sp³-hybridized carbons (Fsp3) is 0.529. The molecule has 0 radical (unpaired) electrons. The van der Waals surface area contributed by atoms with E-state index in [1.807, 2.05) is 19.1 Å². The zero-order chi connectivity index (χ0) is 15.5. The Morgan fingerprint density at radius 2 is 1.90 bits per heavy atom. The van der Waals surface area contributed by atoms with Crippen molar-refractivity contribution >= 4 is 0 Å². The molecule has 21 heavy (non-hydrogen) atoms. The Kier molecular flexibility index (Phi) is 8.53. The maximum absolute atomic E-state index is 5.99. The van der Waals surface area contributed by atoms with Crippen molar-refractivity contribution in [3.63, 3.8) is 0 Å². The first-order valence-corrected chi connectivity index (χ1v) is 7.13.